The third-order valence-electron chi connectivity index (χ3n) is 2.76. The van der Waals surface area contributed by atoms with Crippen LogP contribution < -0.4 is 5.32 Å². The van der Waals surface area contributed by atoms with Gasteiger partial charge in [0.2, 0.25) is 5.76 Å². The SMILES string of the molecule is C[C@@H](OC(=O)C1=COCCO1)C(=O)Nc1cccc(C#N)c1. The predicted octanol–water partition coefficient (Wildman–Crippen LogP) is 1.32. The van der Waals surface area contributed by atoms with E-state index in [2.05, 4.69) is 5.32 Å². The number of nitriles is 1. The number of esters is 1. The molecule has 1 atom stereocenters. The number of anilines is 1. The third kappa shape index (κ3) is 3.99. The zero-order valence-electron chi connectivity index (χ0n) is 11.9. The number of carbonyl (C=O) groups excluding carboxylic acids is 2. The Morgan fingerprint density at radius 3 is 2.91 bits per heavy atom. The van der Waals surface area contributed by atoms with Crippen molar-refractivity contribution in [3.05, 3.63) is 41.9 Å². The number of rotatable bonds is 4. The lowest BCUT2D eigenvalue weighted by Crippen LogP contribution is -2.31. The number of carbonyl (C=O) groups is 2. The average Bonchev–Trinajstić information content (AvgIpc) is 2.55. The lowest BCUT2D eigenvalue weighted by molar-refractivity contribution is -0.153. The van der Waals surface area contributed by atoms with Gasteiger partial charge in [-0.05, 0) is 25.1 Å². The van der Waals surface area contributed by atoms with Crippen molar-refractivity contribution in [2.75, 3.05) is 18.5 Å². The maximum atomic E-state index is 12.0. The second kappa shape index (κ2) is 7.13. The summed E-state index contributed by atoms with van der Waals surface area (Å²) in [6, 6.07) is 8.38. The lowest BCUT2D eigenvalue weighted by atomic mass is 10.2. The van der Waals surface area contributed by atoms with Gasteiger partial charge in [-0.15, -0.1) is 0 Å². The van der Waals surface area contributed by atoms with Gasteiger partial charge in [-0.1, -0.05) is 6.07 Å². The predicted molar refractivity (Wildman–Crippen MR) is 75.3 cm³/mol. The largest absolute Gasteiger partial charge is 0.493 e. The average molecular weight is 302 g/mol. The number of nitrogens with zero attached hydrogens (tertiary/aromatic N) is 1. The standard InChI is InChI=1S/C15H14N2O5/c1-10(22-15(19)13-9-20-5-6-21-13)14(18)17-12-4-2-3-11(7-12)8-16/h2-4,7,9-10H,5-6H2,1H3,(H,17,18)/t10-/m1/s1. The molecular weight excluding hydrogens is 288 g/mol. The molecule has 0 saturated carbocycles. The van der Waals surface area contributed by atoms with Crippen LogP contribution in [0.2, 0.25) is 0 Å². The van der Waals surface area contributed by atoms with Crippen LogP contribution in [0.3, 0.4) is 0 Å². The fourth-order valence-electron chi connectivity index (χ4n) is 1.66. The van der Waals surface area contributed by atoms with Gasteiger partial charge in [-0.2, -0.15) is 5.26 Å². The van der Waals surface area contributed by atoms with E-state index < -0.39 is 18.0 Å². The van der Waals surface area contributed by atoms with Crippen LogP contribution in [0, 0.1) is 11.3 Å². The van der Waals surface area contributed by atoms with Crippen molar-refractivity contribution in [1.29, 1.82) is 5.26 Å². The Hall–Kier alpha value is -3.01. The van der Waals surface area contributed by atoms with Crippen LogP contribution in [-0.2, 0) is 23.8 Å². The zero-order valence-corrected chi connectivity index (χ0v) is 11.9. The van der Waals surface area contributed by atoms with Gasteiger partial charge < -0.3 is 19.5 Å². The fraction of sp³-hybridized carbons (Fsp3) is 0.267. The van der Waals surface area contributed by atoms with E-state index in [1.807, 2.05) is 6.07 Å². The van der Waals surface area contributed by atoms with E-state index in [-0.39, 0.29) is 12.4 Å². The smallest absolute Gasteiger partial charge is 0.377 e. The van der Waals surface area contributed by atoms with E-state index in [9.17, 15) is 9.59 Å². The van der Waals surface area contributed by atoms with Gasteiger partial charge in [0, 0.05) is 5.69 Å². The molecule has 0 aromatic heterocycles. The van der Waals surface area contributed by atoms with Crippen molar-refractivity contribution in [3.63, 3.8) is 0 Å². The molecule has 0 fully saturated rings. The molecule has 7 nitrogen and oxygen atoms in total. The maximum absolute atomic E-state index is 12.0. The molecule has 0 saturated heterocycles. The molecule has 1 aromatic carbocycles. The highest BCUT2D eigenvalue weighted by molar-refractivity contribution is 5.96. The van der Waals surface area contributed by atoms with E-state index >= 15 is 0 Å². The van der Waals surface area contributed by atoms with Crippen molar-refractivity contribution in [2.24, 2.45) is 0 Å². The number of hydrogen-bond donors (Lipinski definition) is 1. The minimum Gasteiger partial charge on any atom is -0.493 e. The quantitative estimate of drug-likeness (QED) is 0.842. The number of hydrogen-bond acceptors (Lipinski definition) is 6. The van der Waals surface area contributed by atoms with Crippen molar-refractivity contribution in [3.8, 4) is 6.07 Å². The van der Waals surface area contributed by atoms with E-state index in [0.29, 0.717) is 17.9 Å². The van der Waals surface area contributed by atoms with Crippen molar-refractivity contribution in [2.45, 2.75) is 13.0 Å². The van der Waals surface area contributed by atoms with Crippen LogP contribution >= 0.6 is 0 Å². The highest BCUT2D eigenvalue weighted by Gasteiger charge is 2.23. The molecule has 0 aliphatic carbocycles. The number of amides is 1. The summed E-state index contributed by atoms with van der Waals surface area (Å²) in [7, 11) is 0. The Balaban J connectivity index is 1.93. The van der Waals surface area contributed by atoms with Gasteiger partial charge in [0.15, 0.2) is 6.10 Å². The van der Waals surface area contributed by atoms with Crippen molar-refractivity contribution >= 4 is 17.6 Å². The van der Waals surface area contributed by atoms with Gasteiger partial charge in [0.25, 0.3) is 5.91 Å². The Labute approximate surface area is 127 Å². The summed E-state index contributed by atoms with van der Waals surface area (Å²) < 4.78 is 15.0. The Bertz CT molecular complexity index is 648. The summed E-state index contributed by atoms with van der Waals surface area (Å²) in [6.07, 6.45) is 0.136. The Morgan fingerprint density at radius 2 is 2.23 bits per heavy atom. The van der Waals surface area contributed by atoms with Gasteiger partial charge in [-0.3, -0.25) is 4.79 Å². The van der Waals surface area contributed by atoms with Gasteiger partial charge >= 0.3 is 5.97 Å². The number of nitrogens with one attached hydrogen (secondary N) is 1. The maximum Gasteiger partial charge on any atom is 0.377 e. The van der Waals surface area contributed by atoms with Crippen molar-refractivity contribution < 1.29 is 23.8 Å². The molecular formula is C15H14N2O5. The molecule has 1 N–H and O–H groups in total. The molecule has 2 rings (SSSR count). The topological polar surface area (TPSA) is 97.7 Å². The molecule has 1 aliphatic rings. The van der Waals surface area contributed by atoms with Gasteiger partial charge in [0.1, 0.15) is 19.5 Å². The Morgan fingerprint density at radius 1 is 1.41 bits per heavy atom. The summed E-state index contributed by atoms with van der Waals surface area (Å²) in [5.41, 5.74) is 0.865. The van der Waals surface area contributed by atoms with Gasteiger partial charge in [0.05, 0.1) is 11.6 Å². The van der Waals surface area contributed by atoms with E-state index in [0.717, 1.165) is 6.26 Å². The first-order valence-electron chi connectivity index (χ1n) is 6.56. The molecule has 1 amide bonds. The molecule has 114 valence electrons. The van der Waals surface area contributed by atoms with E-state index in [1.54, 1.807) is 18.2 Å². The minimum atomic E-state index is -1.02. The number of benzene rings is 1. The summed E-state index contributed by atoms with van der Waals surface area (Å²) in [5, 5.41) is 11.4. The monoisotopic (exact) mass is 302 g/mol. The van der Waals surface area contributed by atoms with Crippen molar-refractivity contribution in [1.82, 2.24) is 0 Å². The molecule has 1 heterocycles. The molecule has 0 unspecified atom stereocenters. The highest BCUT2D eigenvalue weighted by atomic mass is 16.6. The summed E-state index contributed by atoms with van der Waals surface area (Å²) in [4.78, 5) is 23.7. The first-order valence-corrected chi connectivity index (χ1v) is 6.56. The van der Waals surface area contributed by atoms with Crippen LogP contribution in [0.5, 0.6) is 0 Å². The second-order valence-corrected chi connectivity index (χ2v) is 4.43. The molecule has 1 aromatic rings. The van der Waals surface area contributed by atoms with Crippen LogP contribution in [0.25, 0.3) is 0 Å². The first kappa shape index (κ1) is 15.4. The minimum absolute atomic E-state index is 0.0719. The van der Waals surface area contributed by atoms with E-state index in [1.165, 1.54) is 13.0 Å². The van der Waals surface area contributed by atoms with Gasteiger partial charge in [-0.25, -0.2) is 4.79 Å². The molecule has 0 spiro atoms. The van der Waals surface area contributed by atoms with E-state index in [4.69, 9.17) is 19.5 Å². The zero-order chi connectivity index (χ0) is 15.9. The lowest BCUT2D eigenvalue weighted by Gasteiger charge is -2.17. The summed E-state index contributed by atoms with van der Waals surface area (Å²) in [6.45, 7) is 2.05. The molecule has 22 heavy (non-hydrogen) atoms. The Kier molecular flexibility index (Phi) is 4.98. The molecule has 0 radical (unpaired) electrons. The van der Waals surface area contributed by atoms with Crippen LogP contribution in [-0.4, -0.2) is 31.2 Å². The fourth-order valence-corrected chi connectivity index (χ4v) is 1.66. The van der Waals surface area contributed by atoms with Crippen LogP contribution in [0.1, 0.15) is 12.5 Å². The van der Waals surface area contributed by atoms with Crippen LogP contribution in [0.4, 0.5) is 5.69 Å². The molecule has 0 bridgehead atoms. The highest BCUT2D eigenvalue weighted by Crippen LogP contribution is 2.12. The van der Waals surface area contributed by atoms with Crippen LogP contribution in [0.15, 0.2) is 36.3 Å². The molecule has 7 heteroatoms. The summed E-state index contributed by atoms with van der Waals surface area (Å²) >= 11 is 0. The summed E-state index contributed by atoms with van der Waals surface area (Å²) in [5.74, 6) is -1.36. The number of ether oxygens (including phenoxy) is 3. The normalized spacial score (nSPS) is 14.5. The third-order valence-corrected chi connectivity index (χ3v) is 2.76. The second-order valence-electron chi connectivity index (χ2n) is 4.43. The first-order chi connectivity index (χ1) is 10.6. The molecule has 1 aliphatic heterocycles.